The van der Waals surface area contributed by atoms with E-state index in [9.17, 15) is 0 Å². The Morgan fingerprint density at radius 1 is 1.17 bits per heavy atom. The lowest BCUT2D eigenvalue weighted by molar-refractivity contribution is 0.410. The van der Waals surface area contributed by atoms with E-state index >= 15 is 0 Å². The third kappa shape index (κ3) is 3.40. The van der Waals surface area contributed by atoms with Gasteiger partial charge in [0.15, 0.2) is 0 Å². The van der Waals surface area contributed by atoms with Gasteiger partial charge in [-0.15, -0.1) is 0 Å². The van der Waals surface area contributed by atoms with E-state index in [2.05, 4.69) is 21.2 Å². The summed E-state index contributed by atoms with van der Waals surface area (Å²) in [5, 5.41) is 4.04. The number of rotatable bonds is 4. The van der Waals surface area contributed by atoms with Gasteiger partial charge in [-0.25, -0.2) is 0 Å². The van der Waals surface area contributed by atoms with Gasteiger partial charge in [-0.1, -0.05) is 27.5 Å². The van der Waals surface area contributed by atoms with E-state index in [1.165, 1.54) is 0 Å². The minimum atomic E-state index is 0.672. The molecule has 0 aliphatic rings. The summed E-state index contributed by atoms with van der Waals surface area (Å²) in [6.45, 7) is 0.672. The number of benzene rings is 2. The Kier molecular flexibility index (Phi) is 4.50. The molecule has 2 aromatic carbocycles. The molecule has 0 aliphatic heterocycles. The summed E-state index contributed by atoms with van der Waals surface area (Å²) >= 11 is 9.40. The average molecular weight is 327 g/mol. The first-order chi connectivity index (χ1) is 8.69. The van der Waals surface area contributed by atoms with Crippen molar-refractivity contribution in [2.75, 3.05) is 12.4 Å². The number of methoxy groups -OCH3 is 1. The zero-order valence-electron chi connectivity index (χ0n) is 9.91. The maximum atomic E-state index is 5.99. The van der Waals surface area contributed by atoms with Crippen LogP contribution in [0.15, 0.2) is 46.9 Å². The van der Waals surface area contributed by atoms with Crippen LogP contribution in [0.3, 0.4) is 0 Å². The van der Waals surface area contributed by atoms with Crippen molar-refractivity contribution in [2.24, 2.45) is 0 Å². The maximum absolute atomic E-state index is 5.99. The van der Waals surface area contributed by atoms with Gasteiger partial charge in [-0.3, -0.25) is 0 Å². The number of hydrogen-bond acceptors (Lipinski definition) is 2. The van der Waals surface area contributed by atoms with Crippen LogP contribution in [0, 0.1) is 0 Å². The molecule has 2 rings (SSSR count). The van der Waals surface area contributed by atoms with E-state index in [1.807, 2.05) is 42.5 Å². The first-order valence-electron chi connectivity index (χ1n) is 5.51. The molecule has 0 aromatic heterocycles. The zero-order valence-corrected chi connectivity index (χ0v) is 12.3. The van der Waals surface area contributed by atoms with Crippen molar-refractivity contribution in [1.29, 1.82) is 0 Å². The van der Waals surface area contributed by atoms with Crippen molar-refractivity contribution < 1.29 is 4.74 Å². The van der Waals surface area contributed by atoms with E-state index in [1.54, 1.807) is 7.11 Å². The second-order valence-corrected chi connectivity index (χ2v) is 5.17. The third-order valence-corrected chi connectivity index (χ3v) is 3.33. The van der Waals surface area contributed by atoms with Crippen LogP contribution >= 0.6 is 27.5 Å². The van der Waals surface area contributed by atoms with Gasteiger partial charge < -0.3 is 10.1 Å². The summed E-state index contributed by atoms with van der Waals surface area (Å²) in [6, 6.07) is 13.6. The van der Waals surface area contributed by atoms with Crippen LogP contribution in [-0.2, 0) is 6.54 Å². The third-order valence-electron chi connectivity index (χ3n) is 2.57. The van der Waals surface area contributed by atoms with Crippen LogP contribution in [0.5, 0.6) is 5.75 Å². The Morgan fingerprint density at radius 2 is 1.89 bits per heavy atom. The predicted octanol–water partition coefficient (Wildman–Crippen LogP) is 4.72. The Balaban J connectivity index is 2.09. The lowest BCUT2D eigenvalue weighted by Crippen LogP contribution is -2.01. The standard InChI is InChI=1S/C14H13BrClNO/c1-18-14-7-4-12(16)8-10(14)9-17-13-5-2-11(15)3-6-13/h2-8,17H,9H2,1H3. The van der Waals surface area contributed by atoms with Gasteiger partial charge in [0.05, 0.1) is 7.11 Å². The summed E-state index contributed by atoms with van der Waals surface area (Å²) in [5.41, 5.74) is 2.09. The maximum Gasteiger partial charge on any atom is 0.123 e. The quantitative estimate of drug-likeness (QED) is 0.877. The Hall–Kier alpha value is -1.19. The van der Waals surface area contributed by atoms with Crippen molar-refractivity contribution in [3.05, 3.63) is 57.5 Å². The van der Waals surface area contributed by atoms with Gasteiger partial charge in [-0.05, 0) is 42.5 Å². The summed E-state index contributed by atoms with van der Waals surface area (Å²) < 4.78 is 6.37. The number of anilines is 1. The average Bonchev–Trinajstić information content (AvgIpc) is 2.38. The van der Waals surface area contributed by atoms with Gasteiger partial charge in [-0.2, -0.15) is 0 Å². The van der Waals surface area contributed by atoms with Crippen molar-refractivity contribution in [1.82, 2.24) is 0 Å². The predicted molar refractivity (Wildman–Crippen MR) is 79.5 cm³/mol. The minimum Gasteiger partial charge on any atom is -0.496 e. The molecule has 2 nitrogen and oxygen atoms in total. The van der Waals surface area contributed by atoms with Gasteiger partial charge in [0.25, 0.3) is 0 Å². The van der Waals surface area contributed by atoms with Crippen LogP contribution in [0.25, 0.3) is 0 Å². The summed E-state index contributed by atoms with van der Waals surface area (Å²) in [4.78, 5) is 0. The molecule has 0 atom stereocenters. The molecule has 0 amide bonds. The lowest BCUT2D eigenvalue weighted by atomic mass is 10.2. The monoisotopic (exact) mass is 325 g/mol. The molecule has 0 bridgehead atoms. The van der Waals surface area contributed by atoms with Crippen LogP contribution in [0.1, 0.15) is 5.56 Å². The van der Waals surface area contributed by atoms with E-state index in [-0.39, 0.29) is 0 Å². The van der Waals surface area contributed by atoms with Gasteiger partial charge in [0, 0.05) is 27.3 Å². The second kappa shape index (κ2) is 6.12. The van der Waals surface area contributed by atoms with Crippen molar-refractivity contribution in [3.63, 3.8) is 0 Å². The molecular formula is C14H13BrClNO. The van der Waals surface area contributed by atoms with Crippen LogP contribution < -0.4 is 10.1 Å². The van der Waals surface area contributed by atoms with Gasteiger partial charge in [0.2, 0.25) is 0 Å². The molecular weight excluding hydrogens is 314 g/mol. The van der Waals surface area contributed by atoms with Crippen molar-refractivity contribution in [2.45, 2.75) is 6.54 Å². The fourth-order valence-corrected chi connectivity index (χ4v) is 2.11. The Morgan fingerprint density at radius 3 is 2.56 bits per heavy atom. The molecule has 18 heavy (non-hydrogen) atoms. The van der Waals surface area contributed by atoms with E-state index in [0.717, 1.165) is 21.5 Å². The Bertz CT molecular complexity index is 528. The van der Waals surface area contributed by atoms with Crippen molar-refractivity contribution in [3.8, 4) is 5.75 Å². The first kappa shape index (κ1) is 13.2. The van der Waals surface area contributed by atoms with Crippen LogP contribution in [0.4, 0.5) is 5.69 Å². The molecule has 0 heterocycles. The highest BCUT2D eigenvalue weighted by atomic mass is 79.9. The zero-order chi connectivity index (χ0) is 13.0. The summed E-state index contributed by atoms with van der Waals surface area (Å²) in [7, 11) is 1.66. The molecule has 0 spiro atoms. The topological polar surface area (TPSA) is 21.3 Å². The van der Waals surface area contributed by atoms with E-state index < -0.39 is 0 Å². The molecule has 0 saturated heterocycles. The molecule has 0 radical (unpaired) electrons. The highest BCUT2D eigenvalue weighted by Gasteiger charge is 2.03. The normalized spacial score (nSPS) is 10.2. The molecule has 0 fully saturated rings. The molecule has 0 saturated carbocycles. The fourth-order valence-electron chi connectivity index (χ4n) is 1.65. The molecule has 0 aliphatic carbocycles. The number of hydrogen-bond donors (Lipinski definition) is 1. The number of ether oxygens (including phenoxy) is 1. The molecule has 94 valence electrons. The van der Waals surface area contributed by atoms with E-state index in [4.69, 9.17) is 16.3 Å². The minimum absolute atomic E-state index is 0.672. The Labute approximate surface area is 120 Å². The van der Waals surface area contributed by atoms with E-state index in [0.29, 0.717) is 11.6 Å². The molecule has 2 aromatic rings. The first-order valence-corrected chi connectivity index (χ1v) is 6.68. The van der Waals surface area contributed by atoms with Crippen LogP contribution in [0.2, 0.25) is 5.02 Å². The number of halogens is 2. The molecule has 4 heteroatoms. The van der Waals surface area contributed by atoms with Crippen LogP contribution in [-0.4, -0.2) is 7.11 Å². The SMILES string of the molecule is COc1ccc(Cl)cc1CNc1ccc(Br)cc1. The summed E-state index contributed by atoms with van der Waals surface area (Å²) in [5.74, 6) is 0.837. The molecule has 1 N–H and O–H groups in total. The van der Waals surface area contributed by atoms with Gasteiger partial charge >= 0.3 is 0 Å². The fraction of sp³-hybridized carbons (Fsp3) is 0.143. The highest BCUT2D eigenvalue weighted by Crippen LogP contribution is 2.24. The van der Waals surface area contributed by atoms with Gasteiger partial charge in [0.1, 0.15) is 5.75 Å². The summed E-state index contributed by atoms with van der Waals surface area (Å²) in [6.07, 6.45) is 0. The van der Waals surface area contributed by atoms with Crippen molar-refractivity contribution >= 4 is 33.2 Å². The smallest absolute Gasteiger partial charge is 0.123 e. The second-order valence-electron chi connectivity index (χ2n) is 3.82. The molecule has 0 unspecified atom stereocenters. The lowest BCUT2D eigenvalue weighted by Gasteiger charge is -2.11. The largest absolute Gasteiger partial charge is 0.496 e. The highest BCUT2D eigenvalue weighted by molar-refractivity contribution is 9.10. The number of nitrogens with one attached hydrogen (secondary N) is 1.